The first-order valence-corrected chi connectivity index (χ1v) is 7.84. The number of hydrogen-bond donors (Lipinski definition) is 1. The summed E-state index contributed by atoms with van der Waals surface area (Å²) >= 11 is 0. The maximum absolute atomic E-state index is 13.0. The normalized spacial score (nSPS) is 16.7. The van der Waals surface area contributed by atoms with Gasteiger partial charge in [0.25, 0.3) is 0 Å². The first-order valence-electron chi connectivity index (χ1n) is 7.84. The van der Waals surface area contributed by atoms with E-state index in [9.17, 15) is 22.8 Å². The minimum atomic E-state index is -4.45. The molecule has 0 spiro atoms. The zero-order chi connectivity index (χ0) is 18.0. The number of nitrogens with zero attached hydrogens (tertiary/aromatic N) is 1. The third-order valence-electron chi connectivity index (χ3n) is 4.62. The molecular formula is C17H21F3N2O2. The Bertz CT molecular complexity index is 623. The highest BCUT2D eigenvalue weighted by atomic mass is 19.4. The monoisotopic (exact) mass is 342 g/mol. The SMILES string of the molecule is CNC(=O)CN(C)C(=O)C1(c2cccc(C(F)(F)F)c2)CCCC1. The van der Waals surface area contributed by atoms with Gasteiger partial charge in [-0.05, 0) is 24.5 Å². The summed E-state index contributed by atoms with van der Waals surface area (Å²) in [5.41, 5.74) is -1.36. The number of amides is 2. The van der Waals surface area contributed by atoms with E-state index >= 15 is 0 Å². The zero-order valence-electron chi connectivity index (χ0n) is 13.7. The first-order chi connectivity index (χ1) is 11.2. The van der Waals surface area contributed by atoms with Gasteiger partial charge >= 0.3 is 6.18 Å². The quantitative estimate of drug-likeness (QED) is 0.915. The van der Waals surface area contributed by atoms with Crippen molar-refractivity contribution >= 4 is 11.8 Å². The van der Waals surface area contributed by atoms with Crippen LogP contribution in [0.5, 0.6) is 0 Å². The minimum Gasteiger partial charge on any atom is -0.358 e. The van der Waals surface area contributed by atoms with Crippen LogP contribution >= 0.6 is 0 Å². The number of halogens is 3. The molecule has 1 aromatic rings. The van der Waals surface area contributed by atoms with Crippen molar-refractivity contribution in [1.29, 1.82) is 0 Å². The van der Waals surface area contributed by atoms with E-state index in [1.165, 1.54) is 25.1 Å². The number of hydrogen-bond acceptors (Lipinski definition) is 2. The number of benzene rings is 1. The summed E-state index contributed by atoms with van der Waals surface area (Å²) in [5, 5.41) is 2.44. The largest absolute Gasteiger partial charge is 0.416 e. The van der Waals surface area contributed by atoms with Gasteiger partial charge in [0.2, 0.25) is 11.8 Å². The predicted molar refractivity (Wildman–Crippen MR) is 83.3 cm³/mol. The molecule has 0 heterocycles. The van der Waals surface area contributed by atoms with Crippen molar-refractivity contribution < 1.29 is 22.8 Å². The van der Waals surface area contributed by atoms with Gasteiger partial charge in [0.15, 0.2) is 0 Å². The van der Waals surface area contributed by atoms with Crippen LogP contribution < -0.4 is 5.32 Å². The van der Waals surface area contributed by atoms with Gasteiger partial charge < -0.3 is 10.2 Å². The van der Waals surface area contributed by atoms with Crippen LogP contribution in [0.4, 0.5) is 13.2 Å². The van der Waals surface area contributed by atoms with E-state index in [1.54, 1.807) is 6.07 Å². The van der Waals surface area contributed by atoms with Crippen molar-refractivity contribution in [2.75, 3.05) is 20.6 Å². The van der Waals surface area contributed by atoms with Gasteiger partial charge in [-0.1, -0.05) is 31.0 Å². The summed E-state index contributed by atoms with van der Waals surface area (Å²) < 4.78 is 39.0. The van der Waals surface area contributed by atoms with Crippen molar-refractivity contribution in [2.24, 2.45) is 0 Å². The second-order valence-corrected chi connectivity index (χ2v) is 6.20. The molecule has 0 unspecified atom stereocenters. The van der Waals surface area contributed by atoms with Crippen LogP contribution in [-0.2, 0) is 21.2 Å². The van der Waals surface area contributed by atoms with E-state index in [1.807, 2.05) is 0 Å². The fourth-order valence-electron chi connectivity index (χ4n) is 3.33. The summed E-state index contributed by atoms with van der Waals surface area (Å²) in [4.78, 5) is 25.8. The fourth-order valence-corrected chi connectivity index (χ4v) is 3.33. The molecule has 0 aliphatic heterocycles. The van der Waals surface area contributed by atoms with Gasteiger partial charge in [-0.25, -0.2) is 0 Å². The molecule has 2 rings (SSSR count). The Kier molecular flexibility index (Phi) is 5.20. The molecule has 4 nitrogen and oxygen atoms in total. The molecule has 132 valence electrons. The lowest BCUT2D eigenvalue weighted by molar-refractivity contribution is -0.140. The molecule has 1 aromatic carbocycles. The van der Waals surface area contributed by atoms with Crippen molar-refractivity contribution in [3.05, 3.63) is 35.4 Å². The molecular weight excluding hydrogens is 321 g/mol. The standard InChI is InChI=1S/C17H21F3N2O2/c1-21-14(23)11-22(2)15(24)16(8-3-4-9-16)12-6-5-7-13(10-12)17(18,19)20/h5-7,10H,3-4,8-9,11H2,1-2H3,(H,21,23). The van der Waals surface area contributed by atoms with Crippen LogP contribution in [0.15, 0.2) is 24.3 Å². The van der Waals surface area contributed by atoms with Crippen LogP contribution in [0, 0.1) is 0 Å². The molecule has 0 atom stereocenters. The minimum absolute atomic E-state index is 0.115. The Morgan fingerprint density at radius 1 is 1.25 bits per heavy atom. The lowest BCUT2D eigenvalue weighted by Crippen LogP contribution is -2.47. The predicted octanol–water partition coefficient (Wildman–Crippen LogP) is 2.72. The van der Waals surface area contributed by atoms with Crippen LogP contribution in [0.3, 0.4) is 0 Å². The molecule has 0 radical (unpaired) electrons. The summed E-state index contributed by atoms with van der Waals surface area (Å²) in [6, 6.07) is 4.98. The average molecular weight is 342 g/mol. The number of carbonyl (C=O) groups excluding carboxylic acids is 2. The Balaban J connectivity index is 2.38. The molecule has 0 saturated heterocycles. The smallest absolute Gasteiger partial charge is 0.358 e. The summed E-state index contributed by atoms with van der Waals surface area (Å²) in [5.74, 6) is -0.619. The van der Waals surface area contributed by atoms with Gasteiger partial charge in [-0.3, -0.25) is 9.59 Å². The van der Waals surface area contributed by atoms with Gasteiger partial charge in [0.1, 0.15) is 0 Å². The van der Waals surface area contributed by atoms with E-state index in [4.69, 9.17) is 0 Å². The van der Waals surface area contributed by atoms with Crippen LogP contribution in [0.25, 0.3) is 0 Å². The summed E-state index contributed by atoms with van der Waals surface area (Å²) in [6.45, 7) is -0.115. The second-order valence-electron chi connectivity index (χ2n) is 6.20. The lowest BCUT2D eigenvalue weighted by Gasteiger charge is -2.33. The lowest BCUT2D eigenvalue weighted by atomic mass is 9.77. The molecule has 24 heavy (non-hydrogen) atoms. The number of rotatable bonds is 4. The van der Waals surface area contributed by atoms with Gasteiger partial charge in [0.05, 0.1) is 17.5 Å². The Hall–Kier alpha value is -2.05. The highest BCUT2D eigenvalue weighted by molar-refractivity contribution is 5.91. The molecule has 0 bridgehead atoms. The van der Waals surface area contributed by atoms with Crippen molar-refractivity contribution in [3.8, 4) is 0 Å². The Morgan fingerprint density at radius 3 is 2.42 bits per heavy atom. The van der Waals surface area contributed by atoms with Gasteiger partial charge in [-0.15, -0.1) is 0 Å². The highest BCUT2D eigenvalue weighted by Gasteiger charge is 2.45. The average Bonchev–Trinajstić information content (AvgIpc) is 3.04. The van der Waals surface area contributed by atoms with Crippen molar-refractivity contribution in [3.63, 3.8) is 0 Å². The molecule has 1 aliphatic carbocycles. The Morgan fingerprint density at radius 2 is 1.88 bits per heavy atom. The number of alkyl halides is 3. The van der Waals surface area contributed by atoms with E-state index < -0.39 is 17.2 Å². The third kappa shape index (κ3) is 3.55. The molecule has 1 fully saturated rings. The maximum atomic E-state index is 13.0. The first kappa shape index (κ1) is 18.3. The number of carbonyl (C=O) groups is 2. The highest BCUT2D eigenvalue weighted by Crippen LogP contribution is 2.44. The number of likely N-dealkylation sites (N-methyl/N-ethyl adjacent to an activating group) is 2. The number of nitrogens with one attached hydrogen (secondary N) is 1. The topological polar surface area (TPSA) is 49.4 Å². The molecule has 1 aliphatic rings. The molecule has 1 saturated carbocycles. The van der Waals surface area contributed by atoms with E-state index in [0.717, 1.165) is 25.0 Å². The fraction of sp³-hybridized carbons (Fsp3) is 0.529. The van der Waals surface area contributed by atoms with Crippen LogP contribution in [-0.4, -0.2) is 37.4 Å². The summed E-state index contributed by atoms with van der Waals surface area (Å²) in [6.07, 6.45) is -1.92. The van der Waals surface area contributed by atoms with Gasteiger partial charge in [0, 0.05) is 14.1 Å². The summed E-state index contributed by atoms with van der Waals surface area (Å²) in [7, 11) is 2.98. The third-order valence-corrected chi connectivity index (χ3v) is 4.62. The van der Waals surface area contributed by atoms with E-state index in [-0.39, 0.29) is 18.4 Å². The zero-order valence-corrected chi connectivity index (χ0v) is 13.7. The van der Waals surface area contributed by atoms with Crippen LogP contribution in [0.2, 0.25) is 0 Å². The second kappa shape index (κ2) is 6.83. The van der Waals surface area contributed by atoms with Crippen LogP contribution in [0.1, 0.15) is 36.8 Å². The maximum Gasteiger partial charge on any atom is 0.416 e. The van der Waals surface area contributed by atoms with Crippen molar-refractivity contribution in [1.82, 2.24) is 10.2 Å². The molecule has 2 amide bonds. The molecule has 1 N–H and O–H groups in total. The van der Waals surface area contributed by atoms with Crippen molar-refractivity contribution in [2.45, 2.75) is 37.3 Å². The molecule has 0 aromatic heterocycles. The van der Waals surface area contributed by atoms with Gasteiger partial charge in [-0.2, -0.15) is 13.2 Å². The van der Waals surface area contributed by atoms with E-state index in [2.05, 4.69) is 5.32 Å². The molecule has 7 heteroatoms. The Labute approximate surface area is 139 Å². The van der Waals surface area contributed by atoms with E-state index in [0.29, 0.717) is 18.4 Å².